The third kappa shape index (κ3) is 3.97. The molecule has 20 heavy (non-hydrogen) atoms. The van der Waals surface area contributed by atoms with Crippen molar-refractivity contribution in [2.24, 2.45) is 5.92 Å². The summed E-state index contributed by atoms with van der Waals surface area (Å²) in [5, 5.41) is 9.08. The van der Waals surface area contributed by atoms with Crippen molar-refractivity contribution in [1.29, 1.82) is 0 Å². The van der Waals surface area contributed by atoms with Crippen molar-refractivity contribution >= 4 is 5.97 Å². The van der Waals surface area contributed by atoms with Gasteiger partial charge >= 0.3 is 5.97 Å². The topological polar surface area (TPSA) is 49.8 Å². The Balaban J connectivity index is 1.79. The molecule has 0 aromatic heterocycles. The first kappa shape index (κ1) is 14.9. The first-order valence-corrected chi connectivity index (χ1v) is 7.27. The molecule has 0 bridgehead atoms. The molecule has 4 nitrogen and oxygen atoms in total. The molecule has 1 heterocycles. The zero-order valence-corrected chi connectivity index (χ0v) is 12.0. The van der Waals surface area contributed by atoms with E-state index in [0.717, 1.165) is 44.5 Å². The number of hydrogen-bond donors (Lipinski definition) is 1. The number of hydrogen-bond acceptors (Lipinski definition) is 3. The smallest absolute Gasteiger partial charge is 0.307 e. The van der Waals surface area contributed by atoms with Gasteiger partial charge in [-0.3, -0.25) is 4.79 Å². The zero-order chi connectivity index (χ0) is 14.4. The lowest BCUT2D eigenvalue weighted by Crippen LogP contribution is -2.39. The van der Waals surface area contributed by atoms with Crippen LogP contribution in [0.15, 0.2) is 24.3 Å². The van der Waals surface area contributed by atoms with Crippen LogP contribution in [-0.2, 0) is 11.2 Å². The SMILES string of the molecule is COc1ccccc1CCCN1CCCC(C(=O)O)C1. The van der Waals surface area contributed by atoms with Crippen LogP contribution in [0.4, 0.5) is 0 Å². The van der Waals surface area contributed by atoms with Gasteiger partial charge in [0.1, 0.15) is 5.75 Å². The molecular formula is C16H23NO3. The Morgan fingerprint density at radius 3 is 3.00 bits per heavy atom. The number of aliphatic carboxylic acids is 1. The maximum atomic E-state index is 11.0. The van der Waals surface area contributed by atoms with Crippen LogP contribution in [0.1, 0.15) is 24.8 Å². The maximum Gasteiger partial charge on any atom is 0.307 e. The Morgan fingerprint density at radius 2 is 2.25 bits per heavy atom. The summed E-state index contributed by atoms with van der Waals surface area (Å²) >= 11 is 0. The van der Waals surface area contributed by atoms with Crippen LogP contribution in [0.25, 0.3) is 0 Å². The average molecular weight is 277 g/mol. The highest BCUT2D eigenvalue weighted by Gasteiger charge is 2.24. The average Bonchev–Trinajstić information content (AvgIpc) is 2.48. The molecule has 1 aromatic rings. The Morgan fingerprint density at radius 1 is 1.45 bits per heavy atom. The number of benzene rings is 1. The lowest BCUT2D eigenvalue weighted by atomic mass is 9.98. The van der Waals surface area contributed by atoms with Crippen LogP contribution in [0.5, 0.6) is 5.75 Å². The fraction of sp³-hybridized carbons (Fsp3) is 0.562. The summed E-state index contributed by atoms with van der Waals surface area (Å²) in [5.41, 5.74) is 1.22. The Bertz CT molecular complexity index is 447. The minimum Gasteiger partial charge on any atom is -0.496 e. The molecule has 1 atom stereocenters. The Hall–Kier alpha value is -1.55. The summed E-state index contributed by atoms with van der Waals surface area (Å²) in [6.07, 6.45) is 3.81. The molecule has 1 saturated heterocycles. The number of carboxylic acid groups (broad SMARTS) is 1. The van der Waals surface area contributed by atoms with Crippen LogP contribution in [0.3, 0.4) is 0 Å². The van der Waals surface area contributed by atoms with Crippen LogP contribution < -0.4 is 4.74 Å². The van der Waals surface area contributed by atoms with Crippen molar-refractivity contribution in [1.82, 2.24) is 4.90 Å². The number of carbonyl (C=O) groups is 1. The van der Waals surface area contributed by atoms with E-state index >= 15 is 0 Å². The van der Waals surface area contributed by atoms with Crippen molar-refractivity contribution < 1.29 is 14.6 Å². The van der Waals surface area contributed by atoms with E-state index in [1.165, 1.54) is 5.56 Å². The molecule has 1 aliphatic rings. The van der Waals surface area contributed by atoms with Crippen LogP contribution in [-0.4, -0.2) is 42.7 Å². The zero-order valence-electron chi connectivity index (χ0n) is 12.0. The molecule has 1 aromatic carbocycles. The van der Waals surface area contributed by atoms with E-state index < -0.39 is 5.97 Å². The van der Waals surface area contributed by atoms with Gasteiger partial charge in [-0.1, -0.05) is 18.2 Å². The highest BCUT2D eigenvalue weighted by Crippen LogP contribution is 2.20. The van der Waals surface area contributed by atoms with Gasteiger partial charge in [0, 0.05) is 6.54 Å². The van der Waals surface area contributed by atoms with Gasteiger partial charge in [0.05, 0.1) is 13.0 Å². The van der Waals surface area contributed by atoms with Crippen LogP contribution in [0, 0.1) is 5.92 Å². The number of piperidine rings is 1. The summed E-state index contributed by atoms with van der Waals surface area (Å²) in [7, 11) is 1.70. The van der Waals surface area contributed by atoms with Crippen molar-refractivity contribution in [2.75, 3.05) is 26.7 Å². The Labute approximate surface area is 120 Å². The van der Waals surface area contributed by atoms with Gasteiger partial charge in [-0.15, -0.1) is 0 Å². The number of ether oxygens (including phenoxy) is 1. The van der Waals surface area contributed by atoms with Gasteiger partial charge in [-0.2, -0.15) is 0 Å². The number of methoxy groups -OCH3 is 1. The number of carboxylic acids is 1. The normalized spacial score (nSPS) is 19.8. The number of rotatable bonds is 6. The second-order valence-corrected chi connectivity index (χ2v) is 5.39. The van der Waals surface area contributed by atoms with Crippen molar-refractivity contribution in [3.63, 3.8) is 0 Å². The molecule has 0 radical (unpaired) electrons. The van der Waals surface area contributed by atoms with Crippen molar-refractivity contribution in [3.8, 4) is 5.75 Å². The molecule has 1 unspecified atom stereocenters. The van der Waals surface area contributed by atoms with Gasteiger partial charge in [-0.05, 0) is 50.4 Å². The fourth-order valence-electron chi connectivity index (χ4n) is 2.86. The maximum absolute atomic E-state index is 11.0. The highest BCUT2D eigenvalue weighted by molar-refractivity contribution is 5.70. The molecule has 0 saturated carbocycles. The van der Waals surface area contributed by atoms with E-state index in [0.29, 0.717) is 6.54 Å². The van der Waals surface area contributed by atoms with E-state index in [1.807, 2.05) is 18.2 Å². The van der Waals surface area contributed by atoms with E-state index in [4.69, 9.17) is 9.84 Å². The first-order valence-electron chi connectivity index (χ1n) is 7.27. The molecule has 110 valence electrons. The minimum atomic E-state index is -0.653. The summed E-state index contributed by atoms with van der Waals surface area (Å²) in [4.78, 5) is 13.3. The van der Waals surface area contributed by atoms with Gasteiger partial charge in [0.2, 0.25) is 0 Å². The largest absolute Gasteiger partial charge is 0.496 e. The molecule has 0 amide bonds. The van der Waals surface area contributed by atoms with Gasteiger partial charge in [-0.25, -0.2) is 0 Å². The molecule has 2 rings (SSSR count). The lowest BCUT2D eigenvalue weighted by molar-refractivity contribution is -0.143. The van der Waals surface area contributed by atoms with Crippen LogP contribution in [0.2, 0.25) is 0 Å². The predicted octanol–water partition coefficient (Wildman–Crippen LogP) is 2.42. The van der Waals surface area contributed by atoms with E-state index in [2.05, 4.69) is 11.0 Å². The number of aryl methyl sites for hydroxylation is 1. The lowest BCUT2D eigenvalue weighted by Gasteiger charge is -2.30. The third-order valence-corrected chi connectivity index (χ3v) is 3.97. The molecular weight excluding hydrogens is 254 g/mol. The number of para-hydroxylation sites is 1. The second kappa shape index (κ2) is 7.29. The van der Waals surface area contributed by atoms with Crippen LogP contribution >= 0.6 is 0 Å². The third-order valence-electron chi connectivity index (χ3n) is 3.97. The summed E-state index contributed by atoms with van der Waals surface area (Å²) in [6.45, 7) is 2.68. The summed E-state index contributed by atoms with van der Waals surface area (Å²) < 4.78 is 5.35. The minimum absolute atomic E-state index is 0.185. The first-order chi connectivity index (χ1) is 9.70. The molecule has 1 fully saturated rings. The summed E-state index contributed by atoms with van der Waals surface area (Å²) in [5.74, 6) is 0.101. The standard InChI is InChI=1S/C16H23NO3/c1-20-15-9-3-2-6-13(15)7-4-10-17-11-5-8-14(12-17)16(18)19/h2-3,6,9,14H,4-5,7-8,10-12H2,1H3,(H,18,19). The molecule has 4 heteroatoms. The van der Waals surface area contributed by atoms with Crippen molar-refractivity contribution in [3.05, 3.63) is 29.8 Å². The van der Waals surface area contributed by atoms with Gasteiger partial charge in [0.15, 0.2) is 0 Å². The molecule has 1 aliphatic heterocycles. The summed E-state index contributed by atoms with van der Waals surface area (Å²) in [6, 6.07) is 8.08. The molecule has 1 N–H and O–H groups in total. The number of nitrogens with zero attached hydrogens (tertiary/aromatic N) is 1. The second-order valence-electron chi connectivity index (χ2n) is 5.39. The van der Waals surface area contributed by atoms with Crippen molar-refractivity contribution in [2.45, 2.75) is 25.7 Å². The van der Waals surface area contributed by atoms with E-state index in [9.17, 15) is 4.79 Å². The predicted molar refractivity (Wildman–Crippen MR) is 78.1 cm³/mol. The number of likely N-dealkylation sites (tertiary alicyclic amines) is 1. The van der Waals surface area contributed by atoms with E-state index in [-0.39, 0.29) is 5.92 Å². The monoisotopic (exact) mass is 277 g/mol. The highest BCUT2D eigenvalue weighted by atomic mass is 16.5. The fourth-order valence-corrected chi connectivity index (χ4v) is 2.86. The van der Waals surface area contributed by atoms with Gasteiger partial charge < -0.3 is 14.7 Å². The molecule has 0 spiro atoms. The van der Waals surface area contributed by atoms with E-state index in [1.54, 1.807) is 7.11 Å². The van der Waals surface area contributed by atoms with Gasteiger partial charge in [0.25, 0.3) is 0 Å². The Kier molecular flexibility index (Phi) is 5.41. The quantitative estimate of drug-likeness (QED) is 0.867. The molecule has 0 aliphatic carbocycles.